The maximum Gasteiger partial charge on any atom is 0.425 e. The summed E-state index contributed by atoms with van der Waals surface area (Å²) in [5.74, 6) is 0. The summed E-state index contributed by atoms with van der Waals surface area (Å²) in [5.41, 5.74) is -0.680. The molecule has 10 heteroatoms. The van der Waals surface area contributed by atoms with Crippen molar-refractivity contribution in [1.29, 1.82) is 0 Å². The van der Waals surface area contributed by atoms with Crippen LogP contribution in [0, 0.1) is 20.2 Å². The number of nitro benzene ring substituents is 2. The fraction of sp³-hybridized carbons (Fsp3) is 0.143. The first-order valence-electron chi connectivity index (χ1n) is 3.94. The molecule has 0 radical (unpaired) electrons. The summed E-state index contributed by atoms with van der Waals surface area (Å²) in [6.45, 7) is 0. The smallest absolute Gasteiger partial charge is 0.398 e. The van der Waals surface area contributed by atoms with E-state index >= 15 is 0 Å². The van der Waals surface area contributed by atoms with Gasteiger partial charge in [0.2, 0.25) is 0 Å². The van der Waals surface area contributed by atoms with E-state index in [2.05, 4.69) is 0 Å². The largest absolute Gasteiger partial charge is 0.425 e. The third kappa shape index (κ3) is 2.24. The van der Waals surface area contributed by atoms with Gasteiger partial charge in [0.05, 0.1) is 15.5 Å². The van der Waals surface area contributed by atoms with Crippen LogP contribution in [-0.4, -0.2) is 9.85 Å². The van der Waals surface area contributed by atoms with Gasteiger partial charge in [-0.1, -0.05) is 0 Å². The maximum absolute atomic E-state index is 12.5. The zero-order valence-corrected chi connectivity index (χ0v) is 7.89. The van der Waals surface area contributed by atoms with Gasteiger partial charge < -0.3 is 5.73 Å². The Labute approximate surface area is 90.9 Å². The van der Waals surface area contributed by atoms with E-state index in [9.17, 15) is 33.4 Å². The Morgan fingerprint density at radius 2 is 1.65 bits per heavy atom. The highest BCUT2D eigenvalue weighted by atomic mass is 19.4. The van der Waals surface area contributed by atoms with Gasteiger partial charge in [-0.3, -0.25) is 20.2 Å². The molecule has 0 unspecified atom stereocenters. The van der Waals surface area contributed by atoms with E-state index in [1.807, 2.05) is 0 Å². The van der Waals surface area contributed by atoms with Crippen LogP contribution in [0.2, 0.25) is 0 Å². The van der Waals surface area contributed by atoms with Crippen LogP contribution >= 0.6 is 0 Å². The molecule has 0 saturated heterocycles. The topological polar surface area (TPSA) is 112 Å². The molecule has 1 rings (SSSR count). The fourth-order valence-corrected chi connectivity index (χ4v) is 1.23. The lowest BCUT2D eigenvalue weighted by molar-refractivity contribution is -0.424. The number of nitro groups is 2. The number of anilines is 1. The molecule has 0 aliphatic carbocycles. The highest BCUT2D eigenvalue weighted by molar-refractivity contribution is 5.68. The van der Waals surface area contributed by atoms with E-state index in [0.29, 0.717) is 12.1 Å². The lowest BCUT2D eigenvalue weighted by Gasteiger charge is -2.09. The molecule has 92 valence electrons. The van der Waals surface area contributed by atoms with Crippen molar-refractivity contribution in [3.05, 3.63) is 37.9 Å². The van der Waals surface area contributed by atoms with E-state index in [4.69, 9.17) is 5.73 Å². The summed E-state index contributed by atoms with van der Waals surface area (Å²) < 4.78 is 37.5. The van der Waals surface area contributed by atoms with Crippen LogP contribution in [0.15, 0.2) is 12.1 Å². The number of nitrogen functional groups attached to an aromatic ring is 1. The summed E-state index contributed by atoms with van der Waals surface area (Å²) in [6.07, 6.45) is -5.14. The van der Waals surface area contributed by atoms with E-state index in [1.54, 1.807) is 0 Å². The van der Waals surface area contributed by atoms with Gasteiger partial charge in [0.25, 0.3) is 0 Å². The molecule has 0 bridgehead atoms. The standard InChI is InChI=1S/C7H4F3N3O4/c8-7(9,10)5-3(11)1-2-4(12(14)15)6(5)13(16)17/h1-2H,11H2. The minimum atomic E-state index is -5.14. The monoisotopic (exact) mass is 251 g/mol. The lowest BCUT2D eigenvalue weighted by Crippen LogP contribution is -2.13. The van der Waals surface area contributed by atoms with E-state index in [0.717, 1.165) is 0 Å². The fourth-order valence-electron chi connectivity index (χ4n) is 1.23. The second-order valence-corrected chi connectivity index (χ2v) is 2.91. The van der Waals surface area contributed by atoms with Crippen LogP contribution in [0.4, 0.5) is 30.2 Å². The van der Waals surface area contributed by atoms with E-state index < -0.39 is 38.6 Å². The second kappa shape index (κ2) is 3.88. The molecule has 17 heavy (non-hydrogen) atoms. The molecular weight excluding hydrogens is 247 g/mol. The normalized spacial score (nSPS) is 11.2. The second-order valence-electron chi connectivity index (χ2n) is 2.91. The molecule has 0 atom stereocenters. The third-order valence-corrected chi connectivity index (χ3v) is 1.85. The third-order valence-electron chi connectivity index (χ3n) is 1.85. The number of hydrogen-bond donors (Lipinski definition) is 1. The van der Waals surface area contributed by atoms with E-state index in [-0.39, 0.29) is 0 Å². The molecule has 1 aromatic carbocycles. The van der Waals surface area contributed by atoms with Crippen molar-refractivity contribution in [2.45, 2.75) is 6.18 Å². The average molecular weight is 251 g/mol. The highest BCUT2D eigenvalue weighted by Gasteiger charge is 2.45. The van der Waals surface area contributed by atoms with Gasteiger partial charge >= 0.3 is 17.6 Å². The van der Waals surface area contributed by atoms with Crippen molar-refractivity contribution in [3.8, 4) is 0 Å². The predicted molar refractivity (Wildman–Crippen MR) is 49.2 cm³/mol. The molecule has 0 spiro atoms. The summed E-state index contributed by atoms with van der Waals surface area (Å²) >= 11 is 0. The Balaban J connectivity index is 3.73. The van der Waals surface area contributed by atoms with Crippen molar-refractivity contribution in [1.82, 2.24) is 0 Å². The van der Waals surface area contributed by atoms with Crippen LogP contribution in [-0.2, 0) is 6.18 Å². The Bertz CT molecular complexity index is 500. The van der Waals surface area contributed by atoms with Crippen molar-refractivity contribution in [2.75, 3.05) is 5.73 Å². The highest BCUT2D eigenvalue weighted by Crippen LogP contribution is 2.44. The first-order valence-corrected chi connectivity index (χ1v) is 3.94. The van der Waals surface area contributed by atoms with Crippen LogP contribution in [0.3, 0.4) is 0 Å². The van der Waals surface area contributed by atoms with Gasteiger partial charge in [-0.25, -0.2) is 0 Å². The van der Waals surface area contributed by atoms with Crippen LogP contribution < -0.4 is 5.73 Å². The van der Waals surface area contributed by atoms with Crippen LogP contribution in [0.25, 0.3) is 0 Å². The molecule has 0 amide bonds. The number of benzene rings is 1. The number of alkyl halides is 3. The quantitative estimate of drug-likeness (QED) is 0.491. The molecule has 0 aromatic heterocycles. The van der Waals surface area contributed by atoms with Crippen LogP contribution in [0.1, 0.15) is 5.56 Å². The van der Waals surface area contributed by atoms with Gasteiger partial charge in [0, 0.05) is 6.07 Å². The maximum atomic E-state index is 12.5. The SMILES string of the molecule is Nc1ccc([N+](=O)[O-])c([N+](=O)[O-])c1C(F)(F)F. The molecule has 1 aromatic rings. The molecule has 0 aliphatic rings. The molecule has 0 fully saturated rings. The zero-order chi connectivity index (χ0) is 13.4. The summed E-state index contributed by atoms with van der Waals surface area (Å²) in [7, 11) is 0. The molecule has 2 N–H and O–H groups in total. The molecule has 0 saturated carbocycles. The lowest BCUT2D eigenvalue weighted by atomic mass is 10.1. The predicted octanol–water partition coefficient (Wildman–Crippen LogP) is 2.10. The molecule has 0 heterocycles. The minimum absolute atomic E-state index is 0.558. The molecule has 7 nitrogen and oxygen atoms in total. The number of hydrogen-bond acceptors (Lipinski definition) is 5. The zero-order valence-electron chi connectivity index (χ0n) is 7.89. The van der Waals surface area contributed by atoms with Crippen molar-refractivity contribution < 1.29 is 23.0 Å². The average Bonchev–Trinajstić information content (AvgIpc) is 2.14. The Morgan fingerprint density at radius 1 is 1.12 bits per heavy atom. The molecule has 0 aliphatic heterocycles. The first-order chi connectivity index (χ1) is 7.66. The van der Waals surface area contributed by atoms with Crippen molar-refractivity contribution in [3.63, 3.8) is 0 Å². The molecular formula is C7H4F3N3O4. The van der Waals surface area contributed by atoms with Gasteiger partial charge in [-0.05, 0) is 6.07 Å². The first kappa shape index (κ1) is 12.7. The number of rotatable bonds is 2. The van der Waals surface area contributed by atoms with Gasteiger partial charge in [-0.2, -0.15) is 13.2 Å². The van der Waals surface area contributed by atoms with Crippen LogP contribution in [0.5, 0.6) is 0 Å². The number of halogens is 3. The summed E-state index contributed by atoms with van der Waals surface area (Å²) in [6, 6.07) is 1.16. The Kier molecular flexibility index (Phi) is 2.90. The van der Waals surface area contributed by atoms with E-state index in [1.165, 1.54) is 0 Å². The van der Waals surface area contributed by atoms with Gasteiger partial charge in [0.1, 0.15) is 0 Å². The Morgan fingerprint density at radius 3 is 2.00 bits per heavy atom. The van der Waals surface area contributed by atoms with Gasteiger partial charge in [0.15, 0.2) is 5.56 Å². The number of nitrogens with zero attached hydrogens (tertiary/aromatic N) is 2. The Hall–Kier alpha value is -2.39. The van der Waals surface area contributed by atoms with Crippen molar-refractivity contribution in [2.24, 2.45) is 0 Å². The van der Waals surface area contributed by atoms with Gasteiger partial charge in [-0.15, -0.1) is 0 Å². The number of nitrogens with two attached hydrogens (primary N) is 1. The summed E-state index contributed by atoms with van der Waals surface area (Å²) in [5, 5.41) is 20.9. The summed E-state index contributed by atoms with van der Waals surface area (Å²) in [4.78, 5) is 18.2. The minimum Gasteiger partial charge on any atom is -0.398 e. The van der Waals surface area contributed by atoms with Crippen molar-refractivity contribution >= 4 is 17.1 Å².